The predicted octanol–water partition coefficient (Wildman–Crippen LogP) is 4.17. The van der Waals surface area contributed by atoms with Gasteiger partial charge < -0.3 is 13.9 Å². The van der Waals surface area contributed by atoms with Crippen molar-refractivity contribution in [3.8, 4) is 5.75 Å². The van der Waals surface area contributed by atoms with Gasteiger partial charge in [0.1, 0.15) is 17.9 Å². The van der Waals surface area contributed by atoms with Crippen molar-refractivity contribution in [1.82, 2.24) is 0 Å². The molecule has 0 aliphatic carbocycles. The van der Waals surface area contributed by atoms with Crippen LogP contribution in [0.2, 0.25) is 0 Å². The van der Waals surface area contributed by atoms with Crippen LogP contribution >= 0.6 is 0 Å². The maximum Gasteiger partial charge on any atom is 0.347 e. The second-order valence-electron chi connectivity index (χ2n) is 6.46. The van der Waals surface area contributed by atoms with E-state index in [9.17, 15) is 9.59 Å². The molecule has 1 heterocycles. The van der Waals surface area contributed by atoms with E-state index in [2.05, 4.69) is 0 Å². The van der Waals surface area contributed by atoms with Crippen LogP contribution in [0.15, 0.2) is 57.7 Å². The van der Waals surface area contributed by atoms with E-state index in [0.717, 1.165) is 22.9 Å². The van der Waals surface area contributed by atoms with Crippen LogP contribution in [0.25, 0.3) is 11.0 Å². The number of aryl methyl sites for hydroxylation is 2. The van der Waals surface area contributed by atoms with Crippen LogP contribution in [0.5, 0.6) is 5.75 Å². The van der Waals surface area contributed by atoms with Gasteiger partial charge in [0.25, 0.3) is 0 Å². The summed E-state index contributed by atoms with van der Waals surface area (Å²) in [7, 11) is 0. The molecule has 27 heavy (non-hydrogen) atoms. The lowest BCUT2D eigenvalue weighted by atomic mass is 10.1. The zero-order valence-corrected chi connectivity index (χ0v) is 15.7. The third-order valence-corrected chi connectivity index (χ3v) is 4.31. The molecule has 0 aliphatic rings. The van der Waals surface area contributed by atoms with Gasteiger partial charge >= 0.3 is 11.6 Å². The summed E-state index contributed by atoms with van der Waals surface area (Å²) in [5.74, 6) is 0.112. The molecule has 0 radical (unpaired) electrons. The number of ether oxygens (including phenoxy) is 2. The highest BCUT2D eigenvalue weighted by molar-refractivity contribution is 5.81. The Bertz CT molecular complexity index is 1020. The van der Waals surface area contributed by atoms with Gasteiger partial charge in [0.05, 0.1) is 0 Å². The van der Waals surface area contributed by atoms with E-state index in [1.54, 1.807) is 13.0 Å². The zero-order chi connectivity index (χ0) is 19.4. The van der Waals surface area contributed by atoms with E-state index < -0.39 is 17.7 Å². The number of carbonyl (C=O) groups is 1. The molecule has 0 saturated carbocycles. The van der Waals surface area contributed by atoms with E-state index in [1.165, 1.54) is 6.07 Å². The number of esters is 1. The SMILES string of the molecule is CCc1ccc2c(COC(=O)[C@@H](C)Oc3cccc(C)c3)cc(=O)oc2c1. The number of hydrogen-bond acceptors (Lipinski definition) is 5. The van der Waals surface area contributed by atoms with E-state index in [0.29, 0.717) is 16.9 Å². The molecule has 3 aromatic rings. The molecule has 0 N–H and O–H groups in total. The summed E-state index contributed by atoms with van der Waals surface area (Å²) in [6, 6.07) is 14.5. The van der Waals surface area contributed by atoms with Crippen molar-refractivity contribution in [1.29, 1.82) is 0 Å². The topological polar surface area (TPSA) is 65.7 Å². The first-order valence-electron chi connectivity index (χ1n) is 8.92. The maximum absolute atomic E-state index is 12.3. The van der Waals surface area contributed by atoms with Crippen LogP contribution in [0.4, 0.5) is 0 Å². The molecule has 5 nitrogen and oxygen atoms in total. The minimum absolute atomic E-state index is 0.0199. The number of benzene rings is 2. The smallest absolute Gasteiger partial charge is 0.347 e. The van der Waals surface area contributed by atoms with E-state index in [1.807, 2.05) is 50.2 Å². The Balaban J connectivity index is 1.72. The maximum atomic E-state index is 12.3. The highest BCUT2D eigenvalue weighted by Gasteiger charge is 2.17. The minimum Gasteiger partial charge on any atom is -0.479 e. The Morgan fingerprint density at radius 2 is 1.96 bits per heavy atom. The molecule has 3 rings (SSSR count). The van der Waals surface area contributed by atoms with Crippen LogP contribution in [0.3, 0.4) is 0 Å². The first-order chi connectivity index (χ1) is 13.0. The Morgan fingerprint density at radius 1 is 1.15 bits per heavy atom. The third kappa shape index (κ3) is 4.56. The Labute approximate surface area is 157 Å². The second-order valence-corrected chi connectivity index (χ2v) is 6.46. The standard InChI is InChI=1S/C22H22O5/c1-4-16-8-9-19-17(12-21(23)27-20(19)11-16)13-25-22(24)15(3)26-18-7-5-6-14(2)10-18/h5-12,15H,4,13H2,1-3H3/t15-/m1/s1. The lowest BCUT2D eigenvalue weighted by Gasteiger charge is -2.15. The molecule has 0 spiro atoms. The van der Waals surface area contributed by atoms with Crippen molar-refractivity contribution in [2.75, 3.05) is 0 Å². The van der Waals surface area contributed by atoms with Crippen LogP contribution < -0.4 is 10.4 Å². The van der Waals surface area contributed by atoms with Gasteiger partial charge in [-0.2, -0.15) is 0 Å². The molecule has 5 heteroatoms. The van der Waals surface area contributed by atoms with Gasteiger partial charge in [-0.15, -0.1) is 0 Å². The van der Waals surface area contributed by atoms with Crippen LogP contribution in [0, 0.1) is 6.92 Å². The predicted molar refractivity (Wildman–Crippen MR) is 103 cm³/mol. The van der Waals surface area contributed by atoms with Crippen molar-refractivity contribution in [2.24, 2.45) is 0 Å². The van der Waals surface area contributed by atoms with Crippen molar-refractivity contribution in [2.45, 2.75) is 39.9 Å². The Morgan fingerprint density at radius 3 is 2.70 bits per heavy atom. The second kappa shape index (κ2) is 8.08. The lowest BCUT2D eigenvalue weighted by Crippen LogP contribution is -2.26. The van der Waals surface area contributed by atoms with Gasteiger partial charge in [-0.1, -0.05) is 31.2 Å². The van der Waals surface area contributed by atoms with E-state index in [4.69, 9.17) is 13.9 Å². The van der Waals surface area contributed by atoms with E-state index in [-0.39, 0.29) is 6.61 Å². The average Bonchev–Trinajstić information content (AvgIpc) is 2.65. The zero-order valence-electron chi connectivity index (χ0n) is 15.7. The van der Waals surface area contributed by atoms with Gasteiger partial charge in [-0.3, -0.25) is 0 Å². The summed E-state index contributed by atoms with van der Waals surface area (Å²) in [5.41, 5.74) is 2.75. The highest BCUT2D eigenvalue weighted by atomic mass is 16.6. The number of hydrogen-bond donors (Lipinski definition) is 0. The molecule has 0 amide bonds. The summed E-state index contributed by atoms with van der Waals surface area (Å²) >= 11 is 0. The van der Waals surface area contributed by atoms with Gasteiger partial charge in [0.15, 0.2) is 6.10 Å². The van der Waals surface area contributed by atoms with Crippen molar-refractivity contribution >= 4 is 16.9 Å². The van der Waals surface area contributed by atoms with Crippen molar-refractivity contribution in [3.05, 3.63) is 75.6 Å². The van der Waals surface area contributed by atoms with Crippen LogP contribution in [0.1, 0.15) is 30.5 Å². The fraction of sp³-hybridized carbons (Fsp3) is 0.273. The normalized spacial score (nSPS) is 12.0. The summed E-state index contributed by atoms with van der Waals surface area (Å²) in [5, 5.41) is 0.756. The number of fused-ring (bicyclic) bond motifs is 1. The van der Waals surface area contributed by atoms with Crippen LogP contribution in [-0.4, -0.2) is 12.1 Å². The molecule has 0 aliphatic heterocycles. The lowest BCUT2D eigenvalue weighted by molar-refractivity contribution is -0.152. The van der Waals surface area contributed by atoms with Gasteiger partial charge in [0, 0.05) is 17.0 Å². The molecule has 1 aromatic heterocycles. The summed E-state index contributed by atoms with van der Waals surface area (Å²) in [4.78, 5) is 24.1. The summed E-state index contributed by atoms with van der Waals surface area (Å²) in [6.45, 7) is 5.59. The molecule has 2 aromatic carbocycles. The summed E-state index contributed by atoms with van der Waals surface area (Å²) in [6.07, 6.45) is 0.0806. The molecule has 0 saturated heterocycles. The van der Waals surface area contributed by atoms with Gasteiger partial charge in [0.2, 0.25) is 0 Å². The van der Waals surface area contributed by atoms with Gasteiger partial charge in [-0.05, 0) is 49.6 Å². The first-order valence-corrected chi connectivity index (χ1v) is 8.92. The molecule has 0 bridgehead atoms. The van der Waals surface area contributed by atoms with Crippen LogP contribution in [-0.2, 0) is 22.6 Å². The van der Waals surface area contributed by atoms with Crippen molar-refractivity contribution < 1.29 is 18.7 Å². The molecule has 0 fully saturated rings. The molecule has 0 unspecified atom stereocenters. The molecular formula is C22H22O5. The fourth-order valence-corrected chi connectivity index (χ4v) is 2.82. The van der Waals surface area contributed by atoms with Crippen molar-refractivity contribution in [3.63, 3.8) is 0 Å². The minimum atomic E-state index is -0.759. The van der Waals surface area contributed by atoms with E-state index >= 15 is 0 Å². The molecule has 140 valence electrons. The average molecular weight is 366 g/mol. The fourth-order valence-electron chi connectivity index (χ4n) is 2.82. The quantitative estimate of drug-likeness (QED) is 0.484. The number of rotatable bonds is 6. The largest absolute Gasteiger partial charge is 0.479 e. The third-order valence-electron chi connectivity index (χ3n) is 4.31. The first kappa shape index (κ1) is 18.7. The Hall–Kier alpha value is -3.08. The summed E-state index contributed by atoms with van der Waals surface area (Å²) < 4.78 is 16.3. The Kier molecular flexibility index (Phi) is 5.60. The van der Waals surface area contributed by atoms with Gasteiger partial charge in [-0.25, -0.2) is 9.59 Å². The molecule has 1 atom stereocenters. The molecular weight excluding hydrogens is 344 g/mol. The number of carbonyl (C=O) groups excluding carboxylic acids is 1. The monoisotopic (exact) mass is 366 g/mol. The highest BCUT2D eigenvalue weighted by Crippen LogP contribution is 2.20.